The van der Waals surface area contributed by atoms with Gasteiger partial charge in [-0.3, -0.25) is 0 Å². The Balaban J connectivity index is 2.31. The molecule has 0 spiro atoms. The Morgan fingerprint density at radius 3 is 2.69 bits per heavy atom. The summed E-state index contributed by atoms with van der Waals surface area (Å²) in [5, 5.41) is 0. The van der Waals surface area contributed by atoms with E-state index in [9.17, 15) is 0 Å². The summed E-state index contributed by atoms with van der Waals surface area (Å²) in [6, 6.07) is 9.70. The predicted octanol–water partition coefficient (Wildman–Crippen LogP) is 3.20. The largest absolute Gasteiger partial charge is 0.494 e. The first kappa shape index (κ1) is 10.8. The van der Waals surface area contributed by atoms with Crippen molar-refractivity contribution in [3.8, 4) is 17.0 Å². The highest BCUT2D eigenvalue weighted by Crippen LogP contribution is 2.20. The van der Waals surface area contributed by atoms with E-state index in [0.29, 0.717) is 11.2 Å². The highest BCUT2D eigenvalue weighted by Gasteiger charge is 1.98. The number of hydrogen-bond donors (Lipinski definition) is 1. The zero-order chi connectivity index (χ0) is 11.4. The van der Waals surface area contributed by atoms with Crippen LogP contribution in [0, 0.1) is 4.64 Å². The van der Waals surface area contributed by atoms with Crippen LogP contribution in [0.2, 0.25) is 0 Å². The van der Waals surface area contributed by atoms with Crippen LogP contribution in [0.25, 0.3) is 11.3 Å². The SMILES string of the molecule is CCOc1ccc(-c2cc(=S)nc[nH]2)cc1. The fourth-order valence-electron chi connectivity index (χ4n) is 1.43. The molecule has 0 saturated heterocycles. The first-order valence-electron chi connectivity index (χ1n) is 5.07. The molecular formula is C12H12N2OS. The summed E-state index contributed by atoms with van der Waals surface area (Å²) in [6.45, 7) is 2.64. The van der Waals surface area contributed by atoms with Crippen LogP contribution in [0.1, 0.15) is 6.92 Å². The van der Waals surface area contributed by atoms with Crippen molar-refractivity contribution < 1.29 is 4.74 Å². The van der Waals surface area contributed by atoms with Gasteiger partial charge >= 0.3 is 0 Å². The number of rotatable bonds is 3. The van der Waals surface area contributed by atoms with E-state index in [0.717, 1.165) is 17.0 Å². The van der Waals surface area contributed by atoms with Crippen LogP contribution in [-0.2, 0) is 0 Å². The second-order valence-corrected chi connectivity index (χ2v) is 3.67. The summed E-state index contributed by atoms with van der Waals surface area (Å²) in [4.78, 5) is 7.01. The molecule has 0 atom stereocenters. The molecule has 0 aliphatic carbocycles. The molecular weight excluding hydrogens is 220 g/mol. The Bertz CT molecular complexity index is 519. The van der Waals surface area contributed by atoms with Crippen molar-refractivity contribution in [1.29, 1.82) is 0 Å². The van der Waals surface area contributed by atoms with Gasteiger partial charge in [-0.15, -0.1) is 0 Å². The number of ether oxygens (including phenoxy) is 1. The lowest BCUT2D eigenvalue weighted by atomic mass is 10.1. The highest BCUT2D eigenvalue weighted by atomic mass is 32.1. The Hall–Kier alpha value is -1.68. The minimum atomic E-state index is 0.586. The number of aromatic nitrogens is 2. The maximum absolute atomic E-state index is 5.38. The molecule has 1 heterocycles. The van der Waals surface area contributed by atoms with Gasteiger partial charge in [0.1, 0.15) is 10.4 Å². The standard InChI is InChI=1S/C12H12N2OS/c1-2-15-10-5-3-9(4-6-10)11-7-12(16)14-8-13-11/h3-8H,2H2,1H3,(H,13,14,16). The van der Waals surface area contributed by atoms with E-state index in [1.807, 2.05) is 37.3 Å². The average Bonchev–Trinajstić information content (AvgIpc) is 2.30. The zero-order valence-electron chi connectivity index (χ0n) is 8.93. The third-order valence-electron chi connectivity index (χ3n) is 2.16. The van der Waals surface area contributed by atoms with Gasteiger partial charge in [0.2, 0.25) is 0 Å². The first-order valence-corrected chi connectivity index (χ1v) is 5.48. The number of hydrogen-bond acceptors (Lipinski definition) is 3. The van der Waals surface area contributed by atoms with Gasteiger partial charge in [-0.2, -0.15) is 0 Å². The summed E-state index contributed by atoms with van der Waals surface area (Å²) >= 11 is 5.01. The number of H-pyrrole nitrogens is 1. The lowest BCUT2D eigenvalue weighted by Gasteiger charge is -2.04. The molecule has 2 rings (SSSR count). The van der Waals surface area contributed by atoms with Gasteiger partial charge in [-0.1, -0.05) is 12.2 Å². The van der Waals surface area contributed by atoms with E-state index in [1.165, 1.54) is 0 Å². The number of nitrogens with zero attached hydrogens (tertiary/aromatic N) is 1. The first-order chi connectivity index (χ1) is 7.79. The quantitative estimate of drug-likeness (QED) is 0.826. The maximum Gasteiger partial charge on any atom is 0.130 e. The molecule has 0 radical (unpaired) electrons. The lowest BCUT2D eigenvalue weighted by molar-refractivity contribution is 0.340. The fraction of sp³-hybridized carbons (Fsp3) is 0.167. The molecule has 0 saturated carbocycles. The summed E-state index contributed by atoms with van der Waals surface area (Å²) in [5.74, 6) is 0.874. The average molecular weight is 232 g/mol. The Morgan fingerprint density at radius 1 is 1.31 bits per heavy atom. The molecule has 1 aromatic carbocycles. The van der Waals surface area contributed by atoms with Gasteiger partial charge < -0.3 is 9.72 Å². The van der Waals surface area contributed by atoms with Crippen LogP contribution >= 0.6 is 12.2 Å². The highest BCUT2D eigenvalue weighted by molar-refractivity contribution is 7.71. The van der Waals surface area contributed by atoms with Crippen LogP contribution < -0.4 is 4.74 Å². The molecule has 0 amide bonds. The molecule has 16 heavy (non-hydrogen) atoms. The molecule has 1 aromatic heterocycles. The molecule has 3 nitrogen and oxygen atoms in total. The Labute approximate surface area is 99.1 Å². The zero-order valence-corrected chi connectivity index (χ0v) is 9.75. The van der Waals surface area contributed by atoms with Crippen molar-refractivity contribution in [3.63, 3.8) is 0 Å². The fourth-order valence-corrected chi connectivity index (χ4v) is 1.60. The summed E-state index contributed by atoms with van der Waals surface area (Å²) in [6.07, 6.45) is 1.61. The monoisotopic (exact) mass is 232 g/mol. The third-order valence-corrected chi connectivity index (χ3v) is 2.38. The van der Waals surface area contributed by atoms with E-state index >= 15 is 0 Å². The molecule has 0 fully saturated rings. The van der Waals surface area contributed by atoms with E-state index in [4.69, 9.17) is 17.0 Å². The van der Waals surface area contributed by atoms with Gasteiger partial charge in [0.25, 0.3) is 0 Å². The number of nitrogens with one attached hydrogen (secondary N) is 1. The van der Waals surface area contributed by atoms with Crippen molar-refractivity contribution in [2.45, 2.75) is 6.92 Å². The van der Waals surface area contributed by atoms with E-state index < -0.39 is 0 Å². The maximum atomic E-state index is 5.38. The van der Waals surface area contributed by atoms with E-state index in [1.54, 1.807) is 6.33 Å². The van der Waals surface area contributed by atoms with Gasteiger partial charge in [0.15, 0.2) is 0 Å². The van der Waals surface area contributed by atoms with E-state index in [-0.39, 0.29) is 0 Å². The number of benzene rings is 1. The third kappa shape index (κ3) is 2.46. The lowest BCUT2D eigenvalue weighted by Crippen LogP contribution is -1.91. The second-order valence-electron chi connectivity index (χ2n) is 3.26. The van der Waals surface area contributed by atoms with Crippen molar-refractivity contribution >= 4 is 12.2 Å². The minimum Gasteiger partial charge on any atom is -0.494 e. The topological polar surface area (TPSA) is 37.9 Å². The van der Waals surface area contributed by atoms with Crippen LogP contribution in [0.4, 0.5) is 0 Å². The summed E-state index contributed by atoms with van der Waals surface area (Å²) < 4.78 is 5.96. The Kier molecular flexibility index (Phi) is 3.31. The number of aromatic amines is 1. The predicted molar refractivity (Wildman–Crippen MR) is 66.0 cm³/mol. The van der Waals surface area contributed by atoms with Crippen LogP contribution in [0.5, 0.6) is 5.75 Å². The van der Waals surface area contributed by atoms with Crippen LogP contribution in [0.3, 0.4) is 0 Å². The molecule has 0 aliphatic rings. The molecule has 82 valence electrons. The van der Waals surface area contributed by atoms with Crippen LogP contribution in [-0.4, -0.2) is 16.6 Å². The van der Waals surface area contributed by atoms with E-state index in [2.05, 4.69) is 9.97 Å². The molecule has 0 bridgehead atoms. The molecule has 1 N–H and O–H groups in total. The summed E-state index contributed by atoms with van der Waals surface area (Å²) in [7, 11) is 0. The second kappa shape index (κ2) is 4.90. The van der Waals surface area contributed by atoms with Crippen LogP contribution in [0.15, 0.2) is 36.7 Å². The molecule has 0 aliphatic heterocycles. The van der Waals surface area contributed by atoms with Crippen molar-refractivity contribution in [3.05, 3.63) is 41.3 Å². The van der Waals surface area contributed by atoms with Gasteiger partial charge in [-0.25, -0.2) is 4.98 Å². The molecule has 4 heteroatoms. The van der Waals surface area contributed by atoms with Gasteiger partial charge in [0.05, 0.1) is 12.9 Å². The smallest absolute Gasteiger partial charge is 0.130 e. The van der Waals surface area contributed by atoms with Gasteiger partial charge in [0, 0.05) is 5.69 Å². The van der Waals surface area contributed by atoms with Gasteiger partial charge in [-0.05, 0) is 42.8 Å². The minimum absolute atomic E-state index is 0.586. The summed E-state index contributed by atoms with van der Waals surface area (Å²) in [5.41, 5.74) is 2.03. The van der Waals surface area contributed by atoms with Crippen molar-refractivity contribution in [1.82, 2.24) is 9.97 Å². The Morgan fingerprint density at radius 2 is 2.06 bits per heavy atom. The van der Waals surface area contributed by atoms with Crippen molar-refractivity contribution in [2.75, 3.05) is 6.61 Å². The van der Waals surface area contributed by atoms with Crippen molar-refractivity contribution in [2.24, 2.45) is 0 Å². The molecule has 0 unspecified atom stereocenters. The normalized spacial score (nSPS) is 10.1. The molecule has 2 aromatic rings.